The molecule has 0 aliphatic carbocycles. The van der Waals surface area contributed by atoms with Gasteiger partial charge in [-0.05, 0) is 48.2 Å². The van der Waals surface area contributed by atoms with Crippen LogP contribution >= 0.6 is 0 Å². The van der Waals surface area contributed by atoms with Gasteiger partial charge in [-0.1, -0.05) is 232 Å². The van der Waals surface area contributed by atoms with Crippen LogP contribution in [-0.4, -0.2) is 35.4 Å². The number of unbranched alkanes of at least 4 members (excludes halogenated alkanes) is 26. The van der Waals surface area contributed by atoms with E-state index in [-0.39, 0.29) is 36.7 Å². The largest absolute Gasteiger partial charge is 0.508 e. The van der Waals surface area contributed by atoms with E-state index in [2.05, 4.69) is 13.8 Å². The monoisotopic (exact) mass is 821 g/mol. The number of ether oxygens (including phenoxy) is 2. The summed E-state index contributed by atoms with van der Waals surface area (Å²) in [5, 5.41) is 20.4. The lowest BCUT2D eigenvalue weighted by atomic mass is 9.91. The second-order valence-corrected chi connectivity index (χ2v) is 18.4. The molecule has 2 atom stereocenters. The van der Waals surface area contributed by atoms with Crippen molar-refractivity contribution in [2.75, 3.05) is 13.2 Å². The number of hydrogen-bond acceptors (Lipinski definition) is 6. The molecule has 2 N–H and O–H groups in total. The van der Waals surface area contributed by atoms with E-state index in [1.54, 1.807) is 36.4 Å². The first-order valence-electron chi connectivity index (χ1n) is 24.6. The Morgan fingerprint density at radius 3 is 1.00 bits per heavy atom. The van der Waals surface area contributed by atoms with Gasteiger partial charge in [0.05, 0.1) is 25.0 Å². The maximum Gasteiger partial charge on any atom is 0.313 e. The molecule has 0 amide bonds. The molecule has 0 bridgehead atoms. The van der Waals surface area contributed by atoms with Gasteiger partial charge in [-0.15, -0.1) is 0 Å². The number of esters is 2. The number of benzene rings is 2. The van der Waals surface area contributed by atoms with Crippen LogP contribution in [0.3, 0.4) is 0 Å². The summed E-state index contributed by atoms with van der Waals surface area (Å²) in [6, 6.07) is 13.9. The van der Waals surface area contributed by atoms with Gasteiger partial charge in [-0.2, -0.15) is 0 Å². The average Bonchev–Trinajstić information content (AvgIpc) is 3.22. The molecule has 336 valence electrons. The Kier molecular flexibility index (Phi) is 29.7. The SMILES string of the molecule is CCCCCCCCCCCCCCCCC(C(=O)OCC(C)(C)COC(=O)C(CCCCCCCCCCCCCCCC)c1cccc(O)c1)c1cccc(O)c1. The van der Waals surface area contributed by atoms with Crippen LogP contribution in [0, 0.1) is 5.41 Å². The van der Waals surface area contributed by atoms with Crippen LogP contribution in [0.2, 0.25) is 0 Å². The fraction of sp³-hybridized carbons (Fsp3) is 0.736. The molecule has 2 aromatic carbocycles. The zero-order valence-electron chi connectivity index (χ0n) is 38.4. The van der Waals surface area contributed by atoms with E-state index in [9.17, 15) is 19.8 Å². The number of hydrogen-bond donors (Lipinski definition) is 2. The summed E-state index contributed by atoms with van der Waals surface area (Å²) in [6.07, 6.45) is 37.1. The summed E-state index contributed by atoms with van der Waals surface area (Å²) in [7, 11) is 0. The van der Waals surface area contributed by atoms with Crippen LogP contribution in [0.15, 0.2) is 48.5 Å². The Balaban J connectivity index is 1.77. The van der Waals surface area contributed by atoms with E-state index < -0.39 is 17.3 Å². The topological polar surface area (TPSA) is 93.1 Å². The number of carbonyl (C=O) groups is 2. The van der Waals surface area contributed by atoms with Crippen LogP contribution in [0.1, 0.15) is 243 Å². The molecule has 59 heavy (non-hydrogen) atoms. The molecular weight excluding hydrogens is 733 g/mol. The number of aromatic hydroxyl groups is 2. The maximum atomic E-state index is 13.6. The lowest BCUT2D eigenvalue weighted by molar-refractivity contribution is -0.154. The quantitative estimate of drug-likeness (QED) is 0.0518. The zero-order valence-corrected chi connectivity index (χ0v) is 38.4. The summed E-state index contributed by atoms with van der Waals surface area (Å²) in [5.41, 5.74) is 0.945. The molecule has 0 heterocycles. The van der Waals surface area contributed by atoms with Crippen LogP contribution in [-0.2, 0) is 19.1 Å². The van der Waals surface area contributed by atoms with Gasteiger partial charge in [0.15, 0.2) is 0 Å². The lowest BCUT2D eigenvalue weighted by Gasteiger charge is -2.26. The third-order valence-electron chi connectivity index (χ3n) is 12.0. The van der Waals surface area contributed by atoms with Crippen molar-refractivity contribution in [1.82, 2.24) is 0 Å². The number of carbonyl (C=O) groups excluding carboxylic acids is 2. The highest BCUT2D eigenvalue weighted by atomic mass is 16.5. The van der Waals surface area contributed by atoms with Gasteiger partial charge in [0, 0.05) is 5.41 Å². The van der Waals surface area contributed by atoms with Gasteiger partial charge in [-0.3, -0.25) is 9.59 Å². The van der Waals surface area contributed by atoms with Crippen molar-refractivity contribution in [2.24, 2.45) is 5.41 Å². The summed E-state index contributed by atoms with van der Waals surface area (Å²) in [6.45, 7) is 8.66. The molecule has 2 unspecified atom stereocenters. The van der Waals surface area contributed by atoms with Crippen molar-refractivity contribution in [1.29, 1.82) is 0 Å². The van der Waals surface area contributed by atoms with Crippen LogP contribution in [0.5, 0.6) is 11.5 Å². The molecule has 2 aromatic rings. The van der Waals surface area contributed by atoms with E-state index >= 15 is 0 Å². The Morgan fingerprint density at radius 2 is 0.729 bits per heavy atom. The fourth-order valence-electron chi connectivity index (χ4n) is 8.19. The number of rotatable bonds is 38. The molecule has 0 radical (unpaired) electrons. The van der Waals surface area contributed by atoms with Crippen LogP contribution < -0.4 is 0 Å². The summed E-state index contributed by atoms with van der Waals surface area (Å²) in [4.78, 5) is 27.2. The summed E-state index contributed by atoms with van der Waals surface area (Å²) < 4.78 is 11.9. The van der Waals surface area contributed by atoms with Gasteiger partial charge in [0.1, 0.15) is 11.5 Å². The summed E-state index contributed by atoms with van der Waals surface area (Å²) >= 11 is 0. The third kappa shape index (κ3) is 26.0. The average molecular weight is 821 g/mol. The second-order valence-electron chi connectivity index (χ2n) is 18.4. The van der Waals surface area contributed by atoms with Crippen molar-refractivity contribution in [3.05, 3.63) is 59.7 Å². The van der Waals surface area contributed by atoms with Crippen molar-refractivity contribution in [3.8, 4) is 11.5 Å². The van der Waals surface area contributed by atoms with Crippen molar-refractivity contribution in [2.45, 2.75) is 232 Å². The van der Waals surface area contributed by atoms with Crippen LogP contribution in [0.4, 0.5) is 0 Å². The van der Waals surface area contributed by atoms with Crippen molar-refractivity contribution >= 4 is 11.9 Å². The predicted molar refractivity (Wildman–Crippen MR) is 247 cm³/mol. The molecule has 0 spiro atoms. The smallest absolute Gasteiger partial charge is 0.313 e. The Labute approximate surface area is 362 Å². The normalized spacial score (nSPS) is 12.7. The van der Waals surface area contributed by atoms with E-state index in [1.165, 1.54) is 154 Å². The maximum absolute atomic E-state index is 13.6. The molecule has 0 fully saturated rings. The van der Waals surface area contributed by atoms with Gasteiger partial charge in [0.2, 0.25) is 0 Å². The highest BCUT2D eigenvalue weighted by Gasteiger charge is 2.29. The first-order chi connectivity index (χ1) is 28.7. The van der Waals surface area contributed by atoms with Crippen molar-refractivity contribution in [3.63, 3.8) is 0 Å². The van der Waals surface area contributed by atoms with E-state index in [0.717, 1.165) is 36.8 Å². The minimum Gasteiger partial charge on any atom is -0.508 e. The van der Waals surface area contributed by atoms with Gasteiger partial charge < -0.3 is 19.7 Å². The minimum absolute atomic E-state index is 0.114. The Bertz CT molecular complexity index is 1240. The Hall–Kier alpha value is -3.02. The van der Waals surface area contributed by atoms with Crippen molar-refractivity contribution < 1.29 is 29.3 Å². The highest BCUT2D eigenvalue weighted by Crippen LogP contribution is 2.31. The van der Waals surface area contributed by atoms with E-state index in [4.69, 9.17) is 9.47 Å². The third-order valence-corrected chi connectivity index (χ3v) is 12.0. The highest BCUT2D eigenvalue weighted by molar-refractivity contribution is 5.79. The Morgan fingerprint density at radius 1 is 0.458 bits per heavy atom. The van der Waals surface area contributed by atoms with E-state index in [1.807, 2.05) is 26.0 Å². The molecular formula is C53H88O6. The molecule has 6 heteroatoms. The first-order valence-corrected chi connectivity index (χ1v) is 24.6. The van der Waals surface area contributed by atoms with Crippen LogP contribution in [0.25, 0.3) is 0 Å². The minimum atomic E-state index is -0.595. The molecule has 6 nitrogen and oxygen atoms in total. The van der Waals surface area contributed by atoms with Gasteiger partial charge in [0.25, 0.3) is 0 Å². The zero-order chi connectivity index (χ0) is 42.8. The molecule has 0 aromatic heterocycles. The molecule has 2 rings (SSSR count). The second kappa shape index (κ2) is 33.7. The number of phenolic OH excluding ortho intramolecular Hbond substituents is 2. The molecule has 0 aliphatic rings. The molecule has 0 saturated heterocycles. The molecule has 0 saturated carbocycles. The van der Waals surface area contributed by atoms with E-state index in [0.29, 0.717) is 12.8 Å². The summed E-state index contributed by atoms with van der Waals surface area (Å²) in [5.74, 6) is -1.25. The fourth-order valence-corrected chi connectivity index (χ4v) is 8.19. The molecule has 0 aliphatic heterocycles. The van der Waals surface area contributed by atoms with Gasteiger partial charge >= 0.3 is 11.9 Å². The predicted octanol–water partition coefficient (Wildman–Crippen LogP) is 15.8. The lowest BCUT2D eigenvalue weighted by Crippen LogP contribution is -2.31. The number of phenols is 2. The standard InChI is InChI=1S/C53H88O6/c1-5-7-9-11-13-15-17-19-21-23-25-27-29-31-39-49(45-35-33-37-47(54)41-45)51(56)58-43-53(3,4)44-59-52(57)50(46-36-34-38-48(55)42-46)40-32-30-28-26-24-22-20-18-16-14-12-10-8-6-2/h33-38,41-42,49-50,54-55H,5-32,39-40,43-44H2,1-4H3. The van der Waals surface area contributed by atoms with Gasteiger partial charge in [-0.25, -0.2) is 0 Å². The first kappa shape index (κ1) is 52.1.